The van der Waals surface area contributed by atoms with Gasteiger partial charge in [-0.3, -0.25) is 9.59 Å². The van der Waals surface area contributed by atoms with Gasteiger partial charge in [-0.05, 0) is 30.3 Å². The Morgan fingerprint density at radius 2 is 1.28 bits per heavy atom. The molecular weight excluding hydrogens is 333 g/mol. The van der Waals surface area contributed by atoms with E-state index in [4.69, 9.17) is 0 Å². The van der Waals surface area contributed by atoms with E-state index in [0.29, 0.717) is 0 Å². The van der Waals surface area contributed by atoms with Gasteiger partial charge in [-0.15, -0.1) is 0 Å². The van der Waals surface area contributed by atoms with E-state index in [1.165, 1.54) is 34.1 Å². The summed E-state index contributed by atoms with van der Waals surface area (Å²) in [6, 6.07) is 8.60. The molecule has 130 valence electrons. The number of amides is 2. The lowest BCUT2D eigenvalue weighted by molar-refractivity contribution is 0.0529. The molecule has 3 rings (SSSR count). The average Bonchev–Trinajstić information content (AvgIpc) is 2.61. The predicted octanol–water partition coefficient (Wildman–Crippen LogP) is 2.70. The van der Waals surface area contributed by atoms with E-state index in [2.05, 4.69) is 0 Å². The standard InChI is InChI=1S/C18H15F3N2O2/c19-13-4-1-3-12(11-13)17(24)22-7-9-23(10-8-22)18(25)16-14(20)5-2-6-15(16)21/h1-6,11H,7-10H2. The van der Waals surface area contributed by atoms with E-state index < -0.39 is 28.9 Å². The van der Waals surface area contributed by atoms with E-state index in [0.717, 1.165) is 18.2 Å². The molecule has 0 N–H and O–H groups in total. The molecule has 0 saturated carbocycles. The molecule has 0 aromatic heterocycles. The number of nitrogens with zero attached hydrogens (tertiary/aromatic N) is 2. The minimum atomic E-state index is -0.914. The zero-order valence-electron chi connectivity index (χ0n) is 13.2. The minimum absolute atomic E-state index is 0.146. The lowest BCUT2D eigenvalue weighted by Crippen LogP contribution is -2.50. The van der Waals surface area contributed by atoms with Gasteiger partial charge in [-0.2, -0.15) is 0 Å². The minimum Gasteiger partial charge on any atom is -0.335 e. The summed E-state index contributed by atoms with van der Waals surface area (Å²) in [5.41, 5.74) is -0.368. The molecular formula is C18H15F3N2O2. The third kappa shape index (κ3) is 3.50. The maximum atomic E-state index is 13.7. The number of halogens is 3. The van der Waals surface area contributed by atoms with Gasteiger partial charge >= 0.3 is 0 Å². The largest absolute Gasteiger partial charge is 0.335 e. The molecule has 0 unspecified atom stereocenters. The van der Waals surface area contributed by atoms with Crippen LogP contribution in [-0.2, 0) is 0 Å². The van der Waals surface area contributed by atoms with Gasteiger partial charge in [0.15, 0.2) is 0 Å². The van der Waals surface area contributed by atoms with E-state index in [1.807, 2.05) is 0 Å². The molecule has 0 spiro atoms. The molecule has 2 aromatic carbocycles. The van der Waals surface area contributed by atoms with Gasteiger partial charge in [0.2, 0.25) is 0 Å². The number of hydrogen-bond acceptors (Lipinski definition) is 2. The number of benzene rings is 2. The fourth-order valence-corrected chi connectivity index (χ4v) is 2.78. The monoisotopic (exact) mass is 348 g/mol. The van der Waals surface area contributed by atoms with Gasteiger partial charge in [0, 0.05) is 31.7 Å². The Morgan fingerprint density at radius 3 is 1.84 bits per heavy atom. The van der Waals surface area contributed by atoms with Crippen molar-refractivity contribution in [1.82, 2.24) is 9.80 Å². The lowest BCUT2D eigenvalue weighted by Gasteiger charge is -2.35. The summed E-state index contributed by atoms with van der Waals surface area (Å²) in [6.45, 7) is 0.704. The fraction of sp³-hybridized carbons (Fsp3) is 0.222. The van der Waals surface area contributed by atoms with Crippen LogP contribution in [0.15, 0.2) is 42.5 Å². The highest BCUT2D eigenvalue weighted by Gasteiger charge is 2.28. The Hall–Kier alpha value is -2.83. The zero-order valence-corrected chi connectivity index (χ0v) is 13.2. The first-order valence-electron chi connectivity index (χ1n) is 7.75. The van der Waals surface area contributed by atoms with Crippen LogP contribution in [0.1, 0.15) is 20.7 Å². The van der Waals surface area contributed by atoms with Crippen LogP contribution in [0.3, 0.4) is 0 Å². The molecule has 0 atom stereocenters. The van der Waals surface area contributed by atoms with Crippen LogP contribution in [0.4, 0.5) is 13.2 Å². The van der Waals surface area contributed by atoms with E-state index in [1.54, 1.807) is 0 Å². The topological polar surface area (TPSA) is 40.6 Å². The van der Waals surface area contributed by atoms with E-state index in [-0.39, 0.29) is 37.6 Å². The van der Waals surface area contributed by atoms with Gasteiger partial charge < -0.3 is 9.80 Å². The van der Waals surface area contributed by atoms with Crippen LogP contribution in [-0.4, -0.2) is 47.8 Å². The molecule has 2 aromatic rings. The second-order valence-corrected chi connectivity index (χ2v) is 5.69. The molecule has 1 heterocycles. The van der Waals surface area contributed by atoms with Crippen LogP contribution in [0, 0.1) is 17.5 Å². The van der Waals surface area contributed by atoms with Crippen molar-refractivity contribution in [1.29, 1.82) is 0 Å². The fourth-order valence-electron chi connectivity index (χ4n) is 2.78. The number of piperazine rings is 1. The first-order valence-corrected chi connectivity index (χ1v) is 7.75. The number of rotatable bonds is 2. The van der Waals surface area contributed by atoms with Crippen LogP contribution >= 0.6 is 0 Å². The predicted molar refractivity (Wildman–Crippen MR) is 84.6 cm³/mol. The first-order chi connectivity index (χ1) is 12.0. The van der Waals surface area contributed by atoms with Gasteiger partial charge in [0.05, 0.1) is 0 Å². The second kappa shape index (κ2) is 6.96. The van der Waals surface area contributed by atoms with Crippen molar-refractivity contribution in [3.8, 4) is 0 Å². The lowest BCUT2D eigenvalue weighted by atomic mass is 10.1. The quantitative estimate of drug-likeness (QED) is 0.837. The molecule has 7 heteroatoms. The summed E-state index contributed by atoms with van der Waals surface area (Å²) in [7, 11) is 0. The molecule has 25 heavy (non-hydrogen) atoms. The molecule has 1 aliphatic heterocycles. The maximum Gasteiger partial charge on any atom is 0.259 e. The van der Waals surface area contributed by atoms with Gasteiger partial charge in [0.25, 0.3) is 11.8 Å². The van der Waals surface area contributed by atoms with Crippen molar-refractivity contribution in [2.75, 3.05) is 26.2 Å². The Bertz CT molecular complexity index is 797. The zero-order chi connectivity index (χ0) is 18.0. The van der Waals surface area contributed by atoms with Crippen molar-refractivity contribution in [2.24, 2.45) is 0 Å². The van der Waals surface area contributed by atoms with Crippen LogP contribution in [0.25, 0.3) is 0 Å². The molecule has 1 fully saturated rings. The van der Waals surface area contributed by atoms with E-state index >= 15 is 0 Å². The normalized spacial score (nSPS) is 14.5. The second-order valence-electron chi connectivity index (χ2n) is 5.69. The molecule has 2 amide bonds. The average molecular weight is 348 g/mol. The van der Waals surface area contributed by atoms with E-state index in [9.17, 15) is 22.8 Å². The third-order valence-electron chi connectivity index (χ3n) is 4.10. The Balaban J connectivity index is 1.68. The highest BCUT2D eigenvalue weighted by atomic mass is 19.1. The molecule has 0 aliphatic carbocycles. The van der Waals surface area contributed by atoms with Gasteiger partial charge in [0.1, 0.15) is 23.0 Å². The van der Waals surface area contributed by atoms with Gasteiger partial charge in [-0.25, -0.2) is 13.2 Å². The summed E-state index contributed by atoms with van der Waals surface area (Å²) >= 11 is 0. The van der Waals surface area contributed by atoms with Crippen molar-refractivity contribution < 1.29 is 22.8 Å². The molecule has 1 aliphatic rings. The SMILES string of the molecule is O=C(c1cccc(F)c1)N1CCN(C(=O)c2c(F)cccc2F)CC1. The summed E-state index contributed by atoms with van der Waals surface area (Å²) in [5, 5.41) is 0. The highest BCUT2D eigenvalue weighted by Crippen LogP contribution is 2.17. The maximum absolute atomic E-state index is 13.7. The molecule has 0 radical (unpaired) electrons. The van der Waals surface area contributed by atoms with Crippen LogP contribution in [0.2, 0.25) is 0 Å². The summed E-state index contributed by atoms with van der Waals surface area (Å²) < 4.78 is 40.7. The number of carbonyl (C=O) groups is 2. The van der Waals surface area contributed by atoms with Crippen molar-refractivity contribution in [3.05, 3.63) is 71.0 Å². The Labute approximate surface area is 142 Å². The summed E-state index contributed by atoms with van der Waals surface area (Å²) in [4.78, 5) is 27.5. The smallest absolute Gasteiger partial charge is 0.259 e. The molecule has 1 saturated heterocycles. The third-order valence-corrected chi connectivity index (χ3v) is 4.10. The van der Waals surface area contributed by atoms with Crippen molar-refractivity contribution in [3.63, 3.8) is 0 Å². The summed E-state index contributed by atoms with van der Waals surface area (Å²) in [5.74, 6) is -3.42. The van der Waals surface area contributed by atoms with Crippen LogP contribution in [0.5, 0.6) is 0 Å². The molecule has 4 nitrogen and oxygen atoms in total. The van der Waals surface area contributed by atoms with Gasteiger partial charge in [-0.1, -0.05) is 12.1 Å². The Morgan fingerprint density at radius 1 is 0.760 bits per heavy atom. The number of hydrogen-bond donors (Lipinski definition) is 0. The Kier molecular flexibility index (Phi) is 4.74. The first kappa shape index (κ1) is 17.0. The van der Waals surface area contributed by atoms with Crippen molar-refractivity contribution >= 4 is 11.8 Å². The summed E-state index contributed by atoms with van der Waals surface area (Å²) in [6.07, 6.45) is 0. The van der Waals surface area contributed by atoms with Crippen LogP contribution < -0.4 is 0 Å². The number of carbonyl (C=O) groups excluding carboxylic acids is 2. The highest BCUT2D eigenvalue weighted by molar-refractivity contribution is 5.96. The molecule has 0 bridgehead atoms. The van der Waals surface area contributed by atoms with Crippen molar-refractivity contribution in [2.45, 2.75) is 0 Å².